The third kappa shape index (κ3) is 3.42. The van der Waals surface area contributed by atoms with Gasteiger partial charge in [0, 0.05) is 29.7 Å². The van der Waals surface area contributed by atoms with Crippen LogP contribution >= 0.6 is 0 Å². The summed E-state index contributed by atoms with van der Waals surface area (Å²) in [7, 11) is 0. The van der Waals surface area contributed by atoms with Crippen LogP contribution in [-0.4, -0.2) is 29.8 Å². The smallest absolute Gasteiger partial charge is 0.153 e. The summed E-state index contributed by atoms with van der Waals surface area (Å²) in [5.74, 6) is 1.34. The van der Waals surface area contributed by atoms with Gasteiger partial charge in [0.15, 0.2) is 11.5 Å². The Morgan fingerprint density at radius 2 is 1.83 bits per heavy atom. The zero-order valence-electron chi connectivity index (χ0n) is 16.0. The van der Waals surface area contributed by atoms with Crippen LogP contribution in [0.15, 0.2) is 90.0 Å². The number of nitrogens with zero attached hydrogens (tertiary/aromatic N) is 4. The average molecular weight is 397 g/mol. The SMILES string of the molecule is O[C@H](Cn1cnc(-c2ccccc2)c1-c1ccc(-c2ccn[nH]2)o1)c1cccnc1. The maximum absolute atomic E-state index is 10.7. The zero-order valence-corrected chi connectivity index (χ0v) is 16.0. The monoisotopic (exact) mass is 397 g/mol. The van der Waals surface area contributed by atoms with Crippen LogP contribution in [0.2, 0.25) is 0 Å². The van der Waals surface area contributed by atoms with Crippen molar-refractivity contribution >= 4 is 0 Å². The van der Waals surface area contributed by atoms with E-state index in [0.717, 1.165) is 28.2 Å². The van der Waals surface area contributed by atoms with E-state index < -0.39 is 6.10 Å². The van der Waals surface area contributed by atoms with E-state index in [9.17, 15) is 5.11 Å². The van der Waals surface area contributed by atoms with Crippen molar-refractivity contribution in [1.29, 1.82) is 0 Å². The predicted molar refractivity (Wildman–Crippen MR) is 112 cm³/mol. The number of H-pyrrole nitrogens is 1. The molecule has 7 heteroatoms. The lowest BCUT2D eigenvalue weighted by atomic mass is 10.1. The number of imidazole rings is 1. The molecule has 0 radical (unpaired) electrons. The minimum Gasteiger partial charge on any atom is -0.453 e. The first-order chi connectivity index (χ1) is 14.8. The number of hydrogen-bond acceptors (Lipinski definition) is 5. The van der Waals surface area contributed by atoms with Crippen LogP contribution in [-0.2, 0) is 6.54 Å². The second-order valence-electron chi connectivity index (χ2n) is 6.90. The molecule has 0 fully saturated rings. The molecule has 0 amide bonds. The number of aromatic nitrogens is 5. The largest absolute Gasteiger partial charge is 0.453 e. The number of nitrogens with one attached hydrogen (secondary N) is 1. The molecule has 0 aliphatic rings. The number of aliphatic hydroxyl groups excluding tert-OH is 1. The summed E-state index contributed by atoms with van der Waals surface area (Å²) in [5.41, 5.74) is 4.11. The summed E-state index contributed by atoms with van der Waals surface area (Å²) in [6.45, 7) is 0.320. The molecule has 0 unspecified atom stereocenters. The van der Waals surface area contributed by atoms with Gasteiger partial charge in [-0.2, -0.15) is 5.10 Å². The van der Waals surface area contributed by atoms with Gasteiger partial charge in [-0.25, -0.2) is 4.98 Å². The summed E-state index contributed by atoms with van der Waals surface area (Å²) in [6, 6.07) is 19.3. The molecule has 148 valence electrons. The van der Waals surface area contributed by atoms with Gasteiger partial charge in [0.2, 0.25) is 0 Å². The van der Waals surface area contributed by atoms with Crippen LogP contribution in [0.4, 0.5) is 0 Å². The van der Waals surface area contributed by atoms with E-state index in [1.807, 2.05) is 65.2 Å². The quantitative estimate of drug-likeness (QED) is 0.445. The molecule has 0 saturated carbocycles. The zero-order chi connectivity index (χ0) is 20.3. The summed E-state index contributed by atoms with van der Waals surface area (Å²) in [6.07, 6.45) is 6.05. The Morgan fingerprint density at radius 1 is 0.967 bits per heavy atom. The molecule has 7 nitrogen and oxygen atoms in total. The van der Waals surface area contributed by atoms with E-state index in [0.29, 0.717) is 18.1 Å². The Hall–Kier alpha value is -3.97. The van der Waals surface area contributed by atoms with Gasteiger partial charge >= 0.3 is 0 Å². The minimum atomic E-state index is -0.725. The van der Waals surface area contributed by atoms with Crippen molar-refractivity contribution in [1.82, 2.24) is 24.7 Å². The lowest BCUT2D eigenvalue weighted by molar-refractivity contribution is 0.156. The Balaban J connectivity index is 1.57. The fourth-order valence-corrected chi connectivity index (χ4v) is 3.45. The van der Waals surface area contributed by atoms with E-state index >= 15 is 0 Å². The molecule has 1 aromatic carbocycles. The van der Waals surface area contributed by atoms with Gasteiger partial charge in [-0.1, -0.05) is 36.4 Å². The molecule has 4 aromatic heterocycles. The van der Waals surface area contributed by atoms with E-state index in [1.54, 1.807) is 24.9 Å². The summed E-state index contributed by atoms with van der Waals surface area (Å²) in [4.78, 5) is 8.74. The number of furan rings is 1. The number of aliphatic hydroxyl groups is 1. The van der Waals surface area contributed by atoms with Gasteiger partial charge in [-0.05, 0) is 24.3 Å². The lowest BCUT2D eigenvalue weighted by Crippen LogP contribution is -2.09. The number of benzene rings is 1. The van der Waals surface area contributed by atoms with Crippen molar-refractivity contribution in [2.24, 2.45) is 0 Å². The molecule has 2 N–H and O–H groups in total. The number of pyridine rings is 1. The molecule has 0 bridgehead atoms. The van der Waals surface area contributed by atoms with E-state index in [4.69, 9.17) is 4.42 Å². The molecule has 30 heavy (non-hydrogen) atoms. The van der Waals surface area contributed by atoms with Gasteiger partial charge in [-0.15, -0.1) is 0 Å². The highest BCUT2D eigenvalue weighted by Gasteiger charge is 2.21. The Kier molecular flexibility index (Phi) is 4.71. The van der Waals surface area contributed by atoms with Crippen molar-refractivity contribution in [3.8, 4) is 34.2 Å². The Labute approximate surface area is 172 Å². The van der Waals surface area contributed by atoms with E-state index in [-0.39, 0.29) is 0 Å². The Morgan fingerprint density at radius 3 is 2.60 bits per heavy atom. The molecule has 1 atom stereocenters. The Bertz CT molecular complexity index is 1230. The van der Waals surface area contributed by atoms with Gasteiger partial charge in [-0.3, -0.25) is 10.1 Å². The standard InChI is InChI=1S/C23H19N5O2/c29-19(17-7-4-11-24-13-17)14-28-15-25-22(16-5-2-1-3-6-16)23(28)21-9-8-20(30-21)18-10-12-26-27-18/h1-13,15,19,29H,14H2,(H,26,27)/t19-/m1/s1. The van der Waals surface area contributed by atoms with Crippen LogP contribution in [0.3, 0.4) is 0 Å². The lowest BCUT2D eigenvalue weighted by Gasteiger charge is -2.14. The average Bonchev–Trinajstić information content (AvgIpc) is 3.55. The van der Waals surface area contributed by atoms with Gasteiger partial charge < -0.3 is 14.1 Å². The molecule has 4 heterocycles. The second-order valence-corrected chi connectivity index (χ2v) is 6.90. The van der Waals surface area contributed by atoms with Crippen LogP contribution in [0.5, 0.6) is 0 Å². The van der Waals surface area contributed by atoms with Crippen LogP contribution in [0.1, 0.15) is 11.7 Å². The van der Waals surface area contributed by atoms with Crippen LogP contribution in [0.25, 0.3) is 34.2 Å². The summed E-state index contributed by atoms with van der Waals surface area (Å²) < 4.78 is 8.05. The second kappa shape index (κ2) is 7.81. The van der Waals surface area contributed by atoms with Crippen molar-refractivity contribution in [3.63, 3.8) is 0 Å². The van der Waals surface area contributed by atoms with Crippen molar-refractivity contribution in [2.75, 3.05) is 0 Å². The third-order valence-corrected chi connectivity index (χ3v) is 4.93. The molecule has 0 aliphatic carbocycles. The maximum Gasteiger partial charge on any atom is 0.153 e. The molecular weight excluding hydrogens is 378 g/mol. The number of hydrogen-bond donors (Lipinski definition) is 2. The highest BCUT2D eigenvalue weighted by Crippen LogP contribution is 2.35. The third-order valence-electron chi connectivity index (χ3n) is 4.93. The fraction of sp³-hybridized carbons (Fsp3) is 0.0870. The molecule has 0 saturated heterocycles. The molecule has 5 aromatic rings. The van der Waals surface area contributed by atoms with Crippen LogP contribution in [0, 0.1) is 0 Å². The van der Waals surface area contributed by atoms with Gasteiger partial charge in [0.25, 0.3) is 0 Å². The topological polar surface area (TPSA) is 92.8 Å². The van der Waals surface area contributed by atoms with Gasteiger partial charge in [0.05, 0.1) is 24.7 Å². The van der Waals surface area contributed by atoms with Gasteiger partial charge in [0.1, 0.15) is 11.4 Å². The molecule has 5 rings (SSSR count). The minimum absolute atomic E-state index is 0.320. The highest BCUT2D eigenvalue weighted by molar-refractivity contribution is 5.77. The first-order valence-electron chi connectivity index (χ1n) is 9.58. The first kappa shape index (κ1) is 18.1. The van der Waals surface area contributed by atoms with Crippen molar-refractivity contribution in [3.05, 3.63) is 91.1 Å². The van der Waals surface area contributed by atoms with E-state index in [2.05, 4.69) is 20.2 Å². The number of aromatic amines is 1. The van der Waals surface area contributed by atoms with Crippen LogP contribution < -0.4 is 0 Å². The predicted octanol–water partition coefficient (Wildman–Crippen LogP) is 4.33. The van der Waals surface area contributed by atoms with Crippen molar-refractivity contribution in [2.45, 2.75) is 12.6 Å². The summed E-state index contributed by atoms with van der Waals surface area (Å²) in [5, 5.41) is 17.6. The number of rotatable bonds is 6. The molecular formula is C23H19N5O2. The molecule has 0 aliphatic heterocycles. The van der Waals surface area contributed by atoms with E-state index in [1.165, 1.54) is 0 Å². The summed E-state index contributed by atoms with van der Waals surface area (Å²) >= 11 is 0. The maximum atomic E-state index is 10.7. The highest BCUT2D eigenvalue weighted by atomic mass is 16.3. The van der Waals surface area contributed by atoms with Crippen molar-refractivity contribution < 1.29 is 9.52 Å². The molecule has 0 spiro atoms. The normalized spacial score (nSPS) is 12.2. The fourth-order valence-electron chi connectivity index (χ4n) is 3.45. The first-order valence-corrected chi connectivity index (χ1v) is 9.58.